The van der Waals surface area contributed by atoms with Gasteiger partial charge in [0.25, 0.3) is 0 Å². The molecule has 0 bridgehead atoms. The number of aryl methyl sites for hydroxylation is 1. The number of aromatic nitrogens is 2. The standard InChI is InChI=1S/C14H22N4O3/c19-13(20)4-3-11-5-9-18(10-11)14(21)17-6-1-2-12-15-7-8-16-12/h7-8,11H,1-6,9-10H2,(H,15,16)(H,17,21)(H,19,20). The summed E-state index contributed by atoms with van der Waals surface area (Å²) in [4.78, 5) is 31.4. The molecule has 2 rings (SSSR count). The second-order valence-corrected chi connectivity index (χ2v) is 5.40. The van der Waals surface area contributed by atoms with E-state index >= 15 is 0 Å². The Kier molecular flexibility index (Phi) is 5.59. The second-order valence-electron chi connectivity index (χ2n) is 5.40. The van der Waals surface area contributed by atoms with Gasteiger partial charge in [0.05, 0.1) is 0 Å². The van der Waals surface area contributed by atoms with E-state index in [0.717, 1.165) is 25.1 Å². The molecule has 1 fully saturated rings. The van der Waals surface area contributed by atoms with E-state index in [-0.39, 0.29) is 12.5 Å². The molecule has 7 heteroatoms. The van der Waals surface area contributed by atoms with E-state index in [1.807, 2.05) is 0 Å². The maximum atomic E-state index is 12.0. The van der Waals surface area contributed by atoms with Gasteiger partial charge in [0.15, 0.2) is 0 Å². The highest BCUT2D eigenvalue weighted by Gasteiger charge is 2.26. The Morgan fingerprint density at radius 1 is 1.52 bits per heavy atom. The molecular formula is C14H22N4O3. The molecule has 21 heavy (non-hydrogen) atoms. The molecule has 0 radical (unpaired) electrons. The topological polar surface area (TPSA) is 98.3 Å². The average Bonchev–Trinajstić information content (AvgIpc) is 3.12. The molecule has 1 aliphatic heterocycles. The summed E-state index contributed by atoms with van der Waals surface area (Å²) in [7, 11) is 0. The Bertz CT molecular complexity index is 461. The van der Waals surface area contributed by atoms with Crippen LogP contribution in [0.4, 0.5) is 4.79 Å². The zero-order chi connectivity index (χ0) is 15.1. The van der Waals surface area contributed by atoms with E-state index in [1.165, 1.54) is 0 Å². The van der Waals surface area contributed by atoms with Crippen LogP contribution in [0.3, 0.4) is 0 Å². The maximum Gasteiger partial charge on any atom is 0.317 e. The number of aliphatic carboxylic acids is 1. The molecular weight excluding hydrogens is 272 g/mol. The molecule has 1 saturated heterocycles. The number of urea groups is 1. The fourth-order valence-electron chi connectivity index (χ4n) is 2.58. The fraction of sp³-hybridized carbons (Fsp3) is 0.643. The monoisotopic (exact) mass is 294 g/mol. The van der Waals surface area contributed by atoms with Gasteiger partial charge < -0.3 is 20.3 Å². The van der Waals surface area contributed by atoms with Crippen molar-refractivity contribution in [3.63, 3.8) is 0 Å². The van der Waals surface area contributed by atoms with Crippen LogP contribution in [0.15, 0.2) is 12.4 Å². The third kappa shape index (κ3) is 5.09. The lowest BCUT2D eigenvalue weighted by Crippen LogP contribution is -2.39. The van der Waals surface area contributed by atoms with Crippen molar-refractivity contribution in [3.8, 4) is 0 Å². The number of carbonyl (C=O) groups is 2. The second kappa shape index (κ2) is 7.66. The van der Waals surface area contributed by atoms with Crippen molar-refractivity contribution in [2.45, 2.75) is 32.1 Å². The Labute approximate surface area is 123 Å². The van der Waals surface area contributed by atoms with Crippen LogP contribution in [0.25, 0.3) is 0 Å². The predicted molar refractivity (Wildman–Crippen MR) is 76.9 cm³/mol. The minimum Gasteiger partial charge on any atom is -0.481 e. The first-order valence-corrected chi connectivity index (χ1v) is 7.38. The van der Waals surface area contributed by atoms with Gasteiger partial charge in [-0.25, -0.2) is 9.78 Å². The van der Waals surface area contributed by atoms with E-state index in [4.69, 9.17) is 5.11 Å². The number of imidazole rings is 1. The highest BCUT2D eigenvalue weighted by Crippen LogP contribution is 2.20. The largest absolute Gasteiger partial charge is 0.481 e. The van der Waals surface area contributed by atoms with Crippen LogP contribution < -0.4 is 5.32 Å². The molecule has 7 nitrogen and oxygen atoms in total. The summed E-state index contributed by atoms with van der Waals surface area (Å²) in [5.74, 6) is 0.477. The summed E-state index contributed by atoms with van der Waals surface area (Å²) in [5, 5.41) is 11.6. The number of hydrogen-bond acceptors (Lipinski definition) is 3. The maximum absolute atomic E-state index is 12.0. The molecule has 116 valence electrons. The lowest BCUT2D eigenvalue weighted by Gasteiger charge is -2.17. The molecule has 1 unspecified atom stereocenters. The summed E-state index contributed by atoms with van der Waals surface area (Å²) in [6, 6.07) is -0.0488. The van der Waals surface area contributed by atoms with E-state index in [2.05, 4.69) is 15.3 Å². The number of carboxylic acid groups (broad SMARTS) is 1. The number of aromatic amines is 1. The molecule has 2 amide bonds. The lowest BCUT2D eigenvalue weighted by molar-refractivity contribution is -0.137. The van der Waals surface area contributed by atoms with Gasteiger partial charge in [-0.1, -0.05) is 0 Å². The van der Waals surface area contributed by atoms with Crippen molar-refractivity contribution in [1.29, 1.82) is 0 Å². The molecule has 0 aliphatic carbocycles. The molecule has 3 N–H and O–H groups in total. The summed E-state index contributed by atoms with van der Waals surface area (Å²) in [6.45, 7) is 2.00. The van der Waals surface area contributed by atoms with Crippen LogP contribution in [0.1, 0.15) is 31.5 Å². The van der Waals surface area contributed by atoms with Gasteiger partial charge in [-0.2, -0.15) is 0 Å². The SMILES string of the molecule is O=C(O)CCC1CCN(C(=O)NCCCc2ncc[nH]2)C1. The van der Waals surface area contributed by atoms with Crippen molar-refractivity contribution in [2.75, 3.05) is 19.6 Å². The van der Waals surface area contributed by atoms with E-state index in [9.17, 15) is 9.59 Å². The van der Waals surface area contributed by atoms with Crippen LogP contribution in [0.5, 0.6) is 0 Å². The number of rotatable bonds is 7. The van der Waals surface area contributed by atoms with Crippen LogP contribution in [0, 0.1) is 5.92 Å². The summed E-state index contributed by atoms with van der Waals surface area (Å²) in [5.41, 5.74) is 0. The minimum atomic E-state index is -0.768. The van der Waals surface area contributed by atoms with Crippen molar-refractivity contribution >= 4 is 12.0 Å². The van der Waals surface area contributed by atoms with Crippen molar-refractivity contribution in [1.82, 2.24) is 20.2 Å². The van der Waals surface area contributed by atoms with Crippen LogP contribution in [-0.2, 0) is 11.2 Å². The van der Waals surface area contributed by atoms with Gasteiger partial charge in [-0.3, -0.25) is 4.79 Å². The highest BCUT2D eigenvalue weighted by atomic mass is 16.4. The fourth-order valence-corrected chi connectivity index (χ4v) is 2.58. The Hall–Kier alpha value is -2.05. The molecule has 1 aromatic rings. The molecule has 0 aromatic carbocycles. The molecule has 1 aromatic heterocycles. The first-order chi connectivity index (χ1) is 10.1. The summed E-state index contributed by atoms with van der Waals surface area (Å²) >= 11 is 0. The number of H-pyrrole nitrogens is 1. The normalized spacial score (nSPS) is 17.9. The number of nitrogens with zero attached hydrogens (tertiary/aromatic N) is 2. The number of carbonyl (C=O) groups excluding carboxylic acids is 1. The van der Waals surface area contributed by atoms with E-state index < -0.39 is 5.97 Å². The minimum absolute atomic E-state index is 0.0488. The van der Waals surface area contributed by atoms with E-state index in [1.54, 1.807) is 17.3 Å². The lowest BCUT2D eigenvalue weighted by atomic mass is 10.0. The van der Waals surface area contributed by atoms with Gasteiger partial charge in [-0.05, 0) is 25.2 Å². The quantitative estimate of drug-likeness (QED) is 0.659. The third-order valence-electron chi connectivity index (χ3n) is 3.76. The van der Waals surface area contributed by atoms with Gasteiger partial charge >= 0.3 is 12.0 Å². The Morgan fingerprint density at radius 3 is 3.10 bits per heavy atom. The molecule has 1 aliphatic rings. The van der Waals surface area contributed by atoms with Crippen molar-refractivity contribution < 1.29 is 14.7 Å². The molecule has 1 atom stereocenters. The molecule has 0 saturated carbocycles. The Balaban J connectivity index is 1.59. The highest BCUT2D eigenvalue weighted by molar-refractivity contribution is 5.74. The number of carboxylic acids is 1. The first kappa shape index (κ1) is 15.3. The van der Waals surface area contributed by atoms with Gasteiger partial charge in [0.1, 0.15) is 5.82 Å². The number of nitrogens with one attached hydrogen (secondary N) is 2. The number of hydrogen-bond donors (Lipinski definition) is 3. The smallest absolute Gasteiger partial charge is 0.317 e. The van der Waals surface area contributed by atoms with Gasteiger partial charge in [-0.15, -0.1) is 0 Å². The van der Waals surface area contributed by atoms with Crippen molar-refractivity contribution in [3.05, 3.63) is 18.2 Å². The van der Waals surface area contributed by atoms with Crippen LogP contribution >= 0.6 is 0 Å². The van der Waals surface area contributed by atoms with Gasteiger partial charge in [0, 0.05) is 44.9 Å². The summed E-state index contributed by atoms with van der Waals surface area (Å²) in [6.07, 6.45) is 6.89. The predicted octanol–water partition coefficient (Wildman–Crippen LogP) is 1.24. The zero-order valence-electron chi connectivity index (χ0n) is 12.0. The van der Waals surface area contributed by atoms with Crippen molar-refractivity contribution in [2.24, 2.45) is 5.92 Å². The van der Waals surface area contributed by atoms with Crippen LogP contribution in [0.2, 0.25) is 0 Å². The number of likely N-dealkylation sites (tertiary alicyclic amines) is 1. The summed E-state index contributed by atoms with van der Waals surface area (Å²) < 4.78 is 0. The third-order valence-corrected chi connectivity index (χ3v) is 3.76. The van der Waals surface area contributed by atoms with Crippen LogP contribution in [-0.4, -0.2) is 51.6 Å². The zero-order valence-corrected chi connectivity index (χ0v) is 12.0. The molecule has 2 heterocycles. The van der Waals surface area contributed by atoms with E-state index in [0.29, 0.717) is 32.0 Å². The Morgan fingerprint density at radius 2 is 2.38 bits per heavy atom. The number of amides is 2. The average molecular weight is 294 g/mol. The molecule has 0 spiro atoms. The first-order valence-electron chi connectivity index (χ1n) is 7.38. The van der Waals surface area contributed by atoms with Gasteiger partial charge in [0.2, 0.25) is 0 Å².